The third-order valence-corrected chi connectivity index (χ3v) is 3.19. The number of carbonyl (C=O) groups is 1. The molecular formula is C13H19NO3S. The van der Waals surface area contributed by atoms with Crippen LogP contribution in [0.5, 0.6) is 0 Å². The molecule has 1 aromatic heterocycles. The normalized spacial score (nSPS) is 10.8. The number of nitrogens with zero attached hydrogens (tertiary/aromatic N) is 1. The van der Waals surface area contributed by atoms with E-state index in [1.807, 2.05) is 0 Å². The van der Waals surface area contributed by atoms with E-state index in [0.717, 1.165) is 23.8 Å². The van der Waals surface area contributed by atoms with Gasteiger partial charge >= 0.3 is 5.97 Å². The first-order valence-corrected chi connectivity index (χ1v) is 6.98. The molecule has 0 saturated heterocycles. The molecule has 0 bridgehead atoms. The highest BCUT2D eigenvalue weighted by atomic mass is 32.2. The maximum atomic E-state index is 10.8. The summed E-state index contributed by atoms with van der Waals surface area (Å²) < 4.78 is 5.48. The molecule has 0 atom stereocenters. The molecule has 0 aliphatic heterocycles. The van der Waals surface area contributed by atoms with Gasteiger partial charge in [-0.1, -0.05) is 13.8 Å². The Bertz CT molecular complexity index is 382. The van der Waals surface area contributed by atoms with E-state index in [4.69, 9.17) is 9.84 Å². The number of pyridine rings is 1. The summed E-state index contributed by atoms with van der Waals surface area (Å²) in [5.41, 5.74) is 0.272. The molecule has 5 heteroatoms. The monoisotopic (exact) mass is 269 g/mol. The minimum absolute atomic E-state index is 0.272. The SMILES string of the molecule is CC(C)CCOCCSc1cc(C(=O)O)ccn1. The van der Waals surface area contributed by atoms with Gasteiger partial charge in [-0.2, -0.15) is 0 Å². The van der Waals surface area contributed by atoms with Gasteiger partial charge in [-0.15, -0.1) is 11.8 Å². The second kappa shape index (κ2) is 8.11. The van der Waals surface area contributed by atoms with Crippen molar-refractivity contribution in [2.24, 2.45) is 5.92 Å². The van der Waals surface area contributed by atoms with Crippen molar-refractivity contribution in [1.29, 1.82) is 0 Å². The molecule has 100 valence electrons. The average molecular weight is 269 g/mol. The molecule has 0 aliphatic rings. The Morgan fingerprint density at radius 3 is 2.94 bits per heavy atom. The number of rotatable bonds is 8. The van der Waals surface area contributed by atoms with Crippen molar-refractivity contribution >= 4 is 17.7 Å². The van der Waals surface area contributed by atoms with Crippen LogP contribution in [0.15, 0.2) is 23.4 Å². The van der Waals surface area contributed by atoms with Crippen LogP contribution in [-0.4, -0.2) is 35.0 Å². The van der Waals surface area contributed by atoms with Crippen LogP contribution in [-0.2, 0) is 4.74 Å². The van der Waals surface area contributed by atoms with Gasteiger partial charge in [0.05, 0.1) is 17.2 Å². The molecule has 18 heavy (non-hydrogen) atoms. The molecule has 1 aromatic rings. The number of aromatic carboxylic acids is 1. The fraction of sp³-hybridized carbons (Fsp3) is 0.538. The van der Waals surface area contributed by atoms with Gasteiger partial charge in [0.2, 0.25) is 0 Å². The third kappa shape index (κ3) is 6.02. The number of hydrogen-bond donors (Lipinski definition) is 1. The summed E-state index contributed by atoms with van der Waals surface area (Å²) in [6.45, 7) is 5.77. The zero-order valence-corrected chi connectivity index (χ0v) is 11.6. The number of ether oxygens (including phenoxy) is 1. The molecule has 0 radical (unpaired) electrons. The van der Waals surface area contributed by atoms with Crippen LogP contribution in [0.3, 0.4) is 0 Å². The Balaban J connectivity index is 2.23. The molecule has 0 spiro atoms. The highest BCUT2D eigenvalue weighted by molar-refractivity contribution is 7.99. The first kappa shape index (κ1) is 15.0. The Morgan fingerprint density at radius 1 is 1.50 bits per heavy atom. The van der Waals surface area contributed by atoms with E-state index >= 15 is 0 Å². The summed E-state index contributed by atoms with van der Waals surface area (Å²) in [6.07, 6.45) is 2.59. The Kier molecular flexibility index (Phi) is 6.75. The van der Waals surface area contributed by atoms with Crippen LogP contribution in [0.1, 0.15) is 30.6 Å². The van der Waals surface area contributed by atoms with E-state index in [-0.39, 0.29) is 5.56 Å². The van der Waals surface area contributed by atoms with Gasteiger partial charge in [-0.25, -0.2) is 9.78 Å². The van der Waals surface area contributed by atoms with Gasteiger partial charge in [0.1, 0.15) is 0 Å². The van der Waals surface area contributed by atoms with Crippen molar-refractivity contribution in [2.45, 2.75) is 25.3 Å². The van der Waals surface area contributed by atoms with Crippen LogP contribution >= 0.6 is 11.8 Å². The highest BCUT2D eigenvalue weighted by Crippen LogP contribution is 2.16. The van der Waals surface area contributed by atoms with Gasteiger partial charge in [-0.05, 0) is 24.5 Å². The molecule has 0 aromatic carbocycles. The summed E-state index contributed by atoms with van der Waals surface area (Å²) in [7, 11) is 0. The van der Waals surface area contributed by atoms with Crippen molar-refractivity contribution < 1.29 is 14.6 Å². The minimum atomic E-state index is -0.924. The van der Waals surface area contributed by atoms with Crippen molar-refractivity contribution in [1.82, 2.24) is 4.98 Å². The molecule has 0 saturated carbocycles. The van der Waals surface area contributed by atoms with Gasteiger partial charge in [0, 0.05) is 18.6 Å². The second-order valence-corrected chi connectivity index (χ2v) is 5.45. The first-order chi connectivity index (χ1) is 8.59. The predicted octanol–water partition coefficient (Wildman–Crippen LogP) is 2.93. The summed E-state index contributed by atoms with van der Waals surface area (Å²) >= 11 is 1.51. The molecule has 0 fully saturated rings. The average Bonchev–Trinajstić information content (AvgIpc) is 2.33. The lowest BCUT2D eigenvalue weighted by Gasteiger charge is -2.06. The number of hydrogen-bond acceptors (Lipinski definition) is 4. The number of carboxylic acid groups (broad SMARTS) is 1. The molecule has 0 unspecified atom stereocenters. The zero-order valence-electron chi connectivity index (χ0n) is 10.8. The zero-order chi connectivity index (χ0) is 13.4. The van der Waals surface area contributed by atoms with Gasteiger partial charge in [0.25, 0.3) is 0 Å². The van der Waals surface area contributed by atoms with Crippen LogP contribution in [0.2, 0.25) is 0 Å². The Labute approximate surface area is 112 Å². The second-order valence-electron chi connectivity index (χ2n) is 4.33. The van der Waals surface area contributed by atoms with E-state index in [9.17, 15) is 4.79 Å². The topological polar surface area (TPSA) is 59.4 Å². The minimum Gasteiger partial charge on any atom is -0.478 e. The van der Waals surface area contributed by atoms with E-state index in [1.165, 1.54) is 24.0 Å². The fourth-order valence-electron chi connectivity index (χ4n) is 1.25. The van der Waals surface area contributed by atoms with Crippen LogP contribution in [0.4, 0.5) is 0 Å². The van der Waals surface area contributed by atoms with Gasteiger partial charge in [0.15, 0.2) is 0 Å². The van der Waals surface area contributed by atoms with Crippen molar-refractivity contribution in [2.75, 3.05) is 19.0 Å². The predicted molar refractivity (Wildman–Crippen MR) is 72.2 cm³/mol. The van der Waals surface area contributed by atoms with Crippen LogP contribution < -0.4 is 0 Å². The lowest BCUT2D eigenvalue weighted by Crippen LogP contribution is -2.02. The molecule has 1 rings (SSSR count). The van der Waals surface area contributed by atoms with Crippen molar-refractivity contribution in [3.63, 3.8) is 0 Å². The van der Waals surface area contributed by atoms with Gasteiger partial charge in [-0.3, -0.25) is 0 Å². The largest absolute Gasteiger partial charge is 0.478 e. The number of aromatic nitrogens is 1. The third-order valence-electron chi connectivity index (χ3n) is 2.30. The summed E-state index contributed by atoms with van der Waals surface area (Å²) in [5, 5.41) is 9.57. The van der Waals surface area contributed by atoms with E-state index in [2.05, 4.69) is 18.8 Å². The van der Waals surface area contributed by atoms with Crippen molar-refractivity contribution in [3.05, 3.63) is 23.9 Å². The number of thioether (sulfide) groups is 1. The first-order valence-electron chi connectivity index (χ1n) is 5.99. The Morgan fingerprint density at radius 2 is 2.28 bits per heavy atom. The summed E-state index contributed by atoms with van der Waals surface area (Å²) in [4.78, 5) is 14.9. The van der Waals surface area contributed by atoms with Gasteiger partial charge < -0.3 is 9.84 Å². The molecule has 1 heterocycles. The van der Waals surface area contributed by atoms with E-state index in [0.29, 0.717) is 12.5 Å². The maximum Gasteiger partial charge on any atom is 0.335 e. The Hall–Kier alpha value is -1.07. The fourth-order valence-corrected chi connectivity index (χ4v) is 2.00. The number of carboxylic acids is 1. The molecule has 1 N–H and O–H groups in total. The van der Waals surface area contributed by atoms with Crippen LogP contribution in [0.25, 0.3) is 0 Å². The summed E-state index contributed by atoms with van der Waals surface area (Å²) in [5.74, 6) is 0.521. The van der Waals surface area contributed by atoms with E-state index < -0.39 is 5.97 Å². The smallest absolute Gasteiger partial charge is 0.335 e. The molecule has 0 aliphatic carbocycles. The molecule has 0 amide bonds. The highest BCUT2D eigenvalue weighted by Gasteiger charge is 2.04. The standard InChI is InChI=1S/C13H19NO3S/c1-10(2)4-6-17-7-8-18-12-9-11(13(15)16)3-5-14-12/h3,5,9-10H,4,6-8H2,1-2H3,(H,15,16). The van der Waals surface area contributed by atoms with Crippen molar-refractivity contribution in [3.8, 4) is 0 Å². The lowest BCUT2D eigenvalue weighted by molar-refractivity contribution is 0.0696. The lowest BCUT2D eigenvalue weighted by atomic mass is 10.1. The summed E-state index contributed by atoms with van der Waals surface area (Å²) in [6, 6.07) is 3.08. The van der Waals surface area contributed by atoms with Crippen LogP contribution in [0, 0.1) is 5.92 Å². The maximum absolute atomic E-state index is 10.8. The molecular weight excluding hydrogens is 250 g/mol. The quantitative estimate of drug-likeness (QED) is 0.581. The molecule has 4 nitrogen and oxygen atoms in total. The van der Waals surface area contributed by atoms with E-state index in [1.54, 1.807) is 6.07 Å².